The average molecular weight is 495 g/mol. The second-order valence-electron chi connectivity index (χ2n) is 11.2. The lowest BCUT2D eigenvalue weighted by Gasteiger charge is -2.10. The van der Waals surface area contributed by atoms with E-state index in [9.17, 15) is 14.7 Å². The highest BCUT2D eigenvalue weighted by Crippen LogP contribution is 2.16. The molecule has 0 rings (SSSR count). The van der Waals surface area contributed by atoms with Crippen molar-refractivity contribution < 1.29 is 14.7 Å². The minimum atomic E-state index is -0.453. The number of hydrogen-bond donors (Lipinski definition) is 1. The molecule has 1 unspecified atom stereocenters. The number of aliphatic hydroxyl groups excluding tert-OH is 1. The van der Waals surface area contributed by atoms with Gasteiger partial charge < -0.3 is 9.90 Å². The second-order valence-corrected chi connectivity index (χ2v) is 11.2. The predicted molar refractivity (Wildman–Crippen MR) is 152 cm³/mol. The molecule has 0 aliphatic carbocycles. The van der Waals surface area contributed by atoms with Crippen LogP contribution < -0.4 is 0 Å². The minimum Gasteiger partial charge on any atom is -0.393 e. The summed E-state index contributed by atoms with van der Waals surface area (Å²) in [6.45, 7) is 3.94. The molecule has 0 aromatic rings. The largest absolute Gasteiger partial charge is 0.393 e. The number of Topliss-reactive ketones (excluding diaryl/α,β-unsaturated/α-hetero) is 2. The van der Waals surface area contributed by atoms with Crippen LogP contribution >= 0.6 is 0 Å². The quantitative estimate of drug-likeness (QED) is 0.105. The summed E-state index contributed by atoms with van der Waals surface area (Å²) in [4.78, 5) is 23.0. The van der Waals surface area contributed by atoms with Crippen LogP contribution in [0.2, 0.25) is 0 Å². The van der Waals surface area contributed by atoms with Gasteiger partial charge in [-0.25, -0.2) is 0 Å². The normalized spacial score (nSPS) is 12.2. The molecule has 0 fully saturated rings. The van der Waals surface area contributed by atoms with Gasteiger partial charge in [0.1, 0.15) is 11.6 Å². The van der Waals surface area contributed by atoms with E-state index in [2.05, 4.69) is 6.92 Å². The third-order valence-corrected chi connectivity index (χ3v) is 7.34. The van der Waals surface area contributed by atoms with E-state index in [1.54, 1.807) is 6.92 Å². The van der Waals surface area contributed by atoms with Crippen molar-refractivity contribution in [3.05, 3.63) is 0 Å². The lowest BCUT2D eigenvalue weighted by molar-refractivity contribution is -0.121. The van der Waals surface area contributed by atoms with Gasteiger partial charge in [0.05, 0.1) is 6.10 Å². The number of ketones is 2. The summed E-state index contributed by atoms with van der Waals surface area (Å²) in [5.74, 6) is 0.523. The van der Waals surface area contributed by atoms with Crippen molar-refractivity contribution in [1.29, 1.82) is 0 Å². The van der Waals surface area contributed by atoms with E-state index in [4.69, 9.17) is 0 Å². The van der Waals surface area contributed by atoms with Crippen LogP contribution in [0.3, 0.4) is 0 Å². The lowest BCUT2D eigenvalue weighted by Crippen LogP contribution is -2.13. The zero-order chi connectivity index (χ0) is 25.8. The summed E-state index contributed by atoms with van der Waals surface area (Å²) in [6, 6.07) is 0. The van der Waals surface area contributed by atoms with Crippen LogP contribution in [0.25, 0.3) is 0 Å². The van der Waals surface area contributed by atoms with Gasteiger partial charge in [0.2, 0.25) is 0 Å². The van der Waals surface area contributed by atoms with Crippen LogP contribution in [0, 0.1) is 0 Å². The third-order valence-electron chi connectivity index (χ3n) is 7.34. The predicted octanol–water partition coefficient (Wildman–Crippen LogP) is 10.1. The number of carbonyl (C=O) groups is 2. The number of unbranched alkanes of at least 4 members (excludes halogenated alkanes) is 21. The molecule has 0 amide bonds. The first-order chi connectivity index (χ1) is 17.1. The van der Waals surface area contributed by atoms with Crippen molar-refractivity contribution >= 4 is 11.6 Å². The Labute approximate surface area is 219 Å². The second kappa shape index (κ2) is 27.9. The fourth-order valence-electron chi connectivity index (χ4n) is 4.97. The molecular weight excluding hydrogens is 432 g/mol. The molecule has 0 radical (unpaired) electrons. The molecule has 0 aliphatic heterocycles. The van der Waals surface area contributed by atoms with Crippen LogP contribution in [0.5, 0.6) is 0 Å². The molecule has 1 atom stereocenters. The zero-order valence-corrected chi connectivity index (χ0v) is 23.9. The fraction of sp³-hybridized carbons (Fsp3) is 0.938. The highest BCUT2D eigenvalue weighted by molar-refractivity contribution is 5.78. The SMILES string of the molecule is CCCCCCCCCCCCCCCCCCCC(=O)CC(O)CCCCCCCCC(C)=O. The molecule has 3 heteroatoms. The van der Waals surface area contributed by atoms with Gasteiger partial charge in [-0.1, -0.05) is 142 Å². The summed E-state index contributed by atoms with van der Waals surface area (Å²) in [5.41, 5.74) is 0. The Morgan fingerprint density at radius 2 is 0.857 bits per heavy atom. The van der Waals surface area contributed by atoms with Crippen LogP contribution in [0.1, 0.15) is 187 Å². The van der Waals surface area contributed by atoms with Gasteiger partial charge in [0.15, 0.2) is 0 Å². The summed E-state index contributed by atoms with van der Waals surface area (Å²) < 4.78 is 0. The smallest absolute Gasteiger partial charge is 0.135 e. The first kappa shape index (κ1) is 34.3. The Hall–Kier alpha value is -0.700. The molecular formula is C32H62O3. The average Bonchev–Trinajstić information content (AvgIpc) is 2.82. The summed E-state index contributed by atoms with van der Waals surface area (Å²) >= 11 is 0. The molecule has 0 heterocycles. The Kier molecular flexibility index (Phi) is 27.3. The van der Waals surface area contributed by atoms with Gasteiger partial charge in [-0.3, -0.25) is 4.79 Å². The first-order valence-corrected chi connectivity index (χ1v) is 15.8. The van der Waals surface area contributed by atoms with E-state index >= 15 is 0 Å². The van der Waals surface area contributed by atoms with Crippen molar-refractivity contribution in [2.75, 3.05) is 0 Å². The van der Waals surface area contributed by atoms with Crippen molar-refractivity contribution in [2.45, 2.75) is 193 Å². The Morgan fingerprint density at radius 3 is 1.26 bits per heavy atom. The summed E-state index contributed by atoms with van der Waals surface area (Å²) in [7, 11) is 0. The van der Waals surface area contributed by atoms with Crippen LogP contribution in [-0.2, 0) is 9.59 Å². The molecule has 0 spiro atoms. The third kappa shape index (κ3) is 29.4. The molecule has 0 aromatic carbocycles. The fourth-order valence-corrected chi connectivity index (χ4v) is 4.97. The maximum Gasteiger partial charge on any atom is 0.135 e. The number of aliphatic hydroxyl groups is 1. The Balaban J connectivity index is 3.27. The van der Waals surface area contributed by atoms with Gasteiger partial charge in [-0.2, -0.15) is 0 Å². The number of carbonyl (C=O) groups excluding carboxylic acids is 2. The Morgan fingerprint density at radius 1 is 0.514 bits per heavy atom. The van der Waals surface area contributed by atoms with Crippen molar-refractivity contribution in [3.63, 3.8) is 0 Å². The summed E-state index contributed by atoms with van der Waals surface area (Å²) in [6.07, 6.45) is 31.6. The maximum atomic E-state index is 12.1. The topological polar surface area (TPSA) is 54.4 Å². The van der Waals surface area contributed by atoms with Gasteiger partial charge in [-0.15, -0.1) is 0 Å². The molecule has 0 saturated carbocycles. The van der Waals surface area contributed by atoms with E-state index in [1.165, 1.54) is 103 Å². The van der Waals surface area contributed by atoms with Crippen molar-refractivity contribution in [3.8, 4) is 0 Å². The highest BCUT2D eigenvalue weighted by Gasteiger charge is 2.10. The van der Waals surface area contributed by atoms with Crippen molar-refractivity contribution in [2.24, 2.45) is 0 Å². The zero-order valence-electron chi connectivity index (χ0n) is 23.9. The van der Waals surface area contributed by atoms with Gasteiger partial charge in [0.25, 0.3) is 0 Å². The van der Waals surface area contributed by atoms with E-state index in [1.807, 2.05) is 0 Å². The minimum absolute atomic E-state index is 0.239. The monoisotopic (exact) mass is 494 g/mol. The van der Waals surface area contributed by atoms with Gasteiger partial charge >= 0.3 is 0 Å². The highest BCUT2D eigenvalue weighted by atomic mass is 16.3. The number of hydrogen-bond acceptors (Lipinski definition) is 3. The van der Waals surface area contributed by atoms with E-state index in [-0.39, 0.29) is 11.6 Å². The Bertz CT molecular complexity index is 460. The molecule has 0 aromatic heterocycles. The molecule has 0 saturated heterocycles. The standard InChI is InChI=1S/C32H62O3/c1-3-4-5-6-7-8-9-10-11-12-13-14-15-16-17-21-24-27-31(34)29-32(35)28-25-22-19-18-20-23-26-30(2)33/h32,35H,3-29H2,1-2H3. The molecule has 1 N–H and O–H groups in total. The lowest BCUT2D eigenvalue weighted by atomic mass is 10.0. The maximum absolute atomic E-state index is 12.1. The van der Waals surface area contributed by atoms with E-state index < -0.39 is 6.10 Å². The van der Waals surface area contributed by atoms with Crippen molar-refractivity contribution in [1.82, 2.24) is 0 Å². The molecule has 0 bridgehead atoms. The molecule has 35 heavy (non-hydrogen) atoms. The molecule has 3 nitrogen and oxygen atoms in total. The van der Waals surface area contributed by atoms with Gasteiger partial charge in [0, 0.05) is 19.3 Å². The van der Waals surface area contributed by atoms with Crippen LogP contribution in [-0.4, -0.2) is 22.8 Å². The van der Waals surface area contributed by atoms with E-state index in [0.717, 1.165) is 51.4 Å². The molecule has 0 aliphatic rings. The van der Waals surface area contributed by atoms with Crippen LogP contribution in [0.15, 0.2) is 0 Å². The first-order valence-electron chi connectivity index (χ1n) is 15.8. The molecule has 208 valence electrons. The van der Waals surface area contributed by atoms with Crippen LogP contribution in [0.4, 0.5) is 0 Å². The number of rotatable bonds is 29. The summed E-state index contributed by atoms with van der Waals surface area (Å²) in [5, 5.41) is 10.1. The van der Waals surface area contributed by atoms with Gasteiger partial charge in [-0.05, 0) is 26.2 Å². The van der Waals surface area contributed by atoms with E-state index in [0.29, 0.717) is 19.3 Å².